The van der Waals surface area contributed by atoms with Gasteiger partial charge in [0.1, 0.15) is 5.76 Å². The van der Waals surface area contributed by atoms with Crippen LogP contribution >= 0.6 is 0 Å². The first kappa shape index (κ1) is 17.7. The van der Waals surface area contributed by atoms with Crippen LogP contribution in [0.5, 0.6) is 0 Å². The lowest BCUT2D eigenvalue weighted by Gasteiger charge is -2.34. The predicted octanol–water partition coefficient (Wildman–Crippen LogP) is 1.54. The highest BCUT2D eigenvalue weighted by atomic mass is 16.5. The van der Waals surface area contributed by atoms with E-state index < -0.39 is 0 Å². The molecule has 0 unspecified atom stereocenters. The summed E-state index contributed by atoms with van der Waals surface area (Å²) in [6.07, 6.45) is 0. The van der Waals surface area contributed by atoms with Crippen molar-refractivity contribution in [3.05, 3.63) is 47.2 Å². The number of hydrogen-bond donors (Lipinski definition) is 1. The van der Waals surface area contributed by atoms with Gasteiger partial charge in [-0.2, -0.15) is 0 Å². The van der Waals surface area contributed by atoms with E-state index in [-0.39, 0.29) is 17.7 Å². The lowest BCUT2D eigenvalue weighted by Crippen LogP contribution is -2.50. The van der Waals surface area contributed by atoms with Crippen LogP contribution in [0.3, 0.4) is 0 Å². The lowest BCUT2D eigenvalue weighted by molar-refractivity contribution is -0.130. The normalized spacial score (nSPS) is 14.2. The van der Waals surface area contributed by atoms with E-state index in [0.717, 1.165) is 0 Å². The third-order valence-corrected chi connectivity index (χ3v) is 4.28. The highest BCUT2D eigenvalue weighted by molar-refractivity contribution is 6.04. The summed E-state index contributed by atoms with van der Waals surface area (Å²) in [6, 6.07) is 8.07. The molecule has 136 valence electrons. The number of piperazine rings is 1. The number of hydrogen-bond acceptors (Lipinski definition) is 5. The highest BCUT2D eigenvalue weighted by Gasteiger charge is 2.23. The standard InChI is InChI=1S/C18H20N4O4/c1-12-11-16(20-26-12)19-17(24)14-3-5-15(6-4-14)18(25)22-9-7-21(8-10-22)13(2)23/h3-6,11H,7-10H2,1-2H3,(H,19,20,24). The van der Waals surface area contributed by atoms with Crippen LogP contribution in [0.15, 0.2) is 34.9 Å². The van der Waals surface area contributed by atoms with Crippen LogP contribution < -0.4 is 5.32 Å². The summed E-state index contributed by atoms with van der Waals surface area (Å²) in [4.78, 5) is 39.5. The molecule has 0 atom stereocenters. The Morgan fingerprint density at radius 1 is 1.00 bits per heavy atom. The molecule has 0 bridgehead atoms. The number of nitrogens with one attached hydrogen (secondary N) is 1. The molecular formula is C18H20N4O4. The fourth-order valence-corrected chi connectivity index (χ4v) is 2.78. The summed E-state index contributed by atoms with van der Waals surface area (Å²) >= 11 is 0. The first-order valence-electron chi connectivity index (χ1n) is 8.33. The van der Waals surface area contributed by atoms with Gasteiger partial charge in [0, 0.05) is 50.3 Å². The molecule has 1 N–H and O–H groups in total. The van der Waals surface area contributed by atoms with Gasteiger partial charge in [0.25, 0.3) is 11.8 Å². The van der Waals surface area contributed by atoms with Crippen LogP contribution in [0.25, 0.3) is 0 Å². The second-order valence-corrected chi connectivity index (χ2v) is 6.15. The van der Waals surface area contributed by atoms with E-state index in [2.05, 4.69) is 10.5 Å². The first-order valence-corrected chi connectivity index (χ1v) is 8.33. The van der Waals surface area contributed by atoms with E-state index in [9.17, 15) is 14.4 Å². The van der Waals surface area contributed by atoms with Crippen LogP contribution in [0.1, 0.15) is 33.4 Å². The van der Waals surface area contributed by atoms with Crippen molar-refractivity contribution < 1.29 is 18.9 Å². The number of aryl methyl sites for hydroxylation is 1. The van der Waals surface area contributed by atoms with Crippen molar-refractivity contribution in [2.75, 3.05) is 31.5 Å². The average molecular weight is 356 g/mol. The zero-order valence-corrected chi connectivity index (χ0v) is 14.7. The molecule has 2 heterocycles. The Morgan fingerprint density at radius 3 is 2.12 bits per heavy atom. The molecule has 1 fully saturated rings. The molecule has 1 aromatic heterocycles. The van der Waals surface area contributed by atoms with Gasteiger partial charge in [-0.3, -0.25) is 14.4 Å². The van der Waals surface area contributed by atoms with Crippen molar-refractivity contribution >= 4 is 23.5 Å². The third-order valence-electron chi connectivity index (χ3n) is 4.28. The van der Waals surface area contributed by atoms with Gasteiger partial charge in [-0.05, 0) is 31.2 Å². The molecule has 1 aromatic carbocycles. The number of carbonyl (C=O) groups excluding carboxylic acids is 3. The second-order valence-electron chi connectivity index (χ2n) is 6.15. The monoisotopic (exact) mass is 356 g/mol. The Balaban J connectivity index is 1.61. The Morgan fingerprint density at radius 2 is 1.58 bits per heavy atom. The number of nitrogens with zero attached hydrogens (tertiary/aromatic N) is 3. The van der Waals surface area contributed by atoms with E-state index in [1.165, 1.54) is 6.92 Å². The van der Waals surface area contributed by atoms with Gasteiger partial charge in [-0.15, -0.1) is 0 Å². The van der Waals surface area contributed by atoms with Crippen LogP contribution in [0.2, 0.25) is 0 Å². The van der Waals surface area contributed by atoms with Crippen molar-refractivity contribution in [3.63, 3.8) is 0 Å². The Labute approximate surface area is 150 Å². The van der Waals surface area contributed by atoms with E-state index in [1.54, 1.807) is 47.1 Å². The van der Waals surface area contributed by atoms with E-state index in [4.69, 9.17) is 4.52 Å². The Hall–Kier alpha value is -3.16. The van der Waals surface area contributed by atoms with E-state index in [0.29, 0.717) is 48.9 Å². The molecule has 2 aromatic rings. The maximum absolute atomic E-state index is 12.6. The van der Waals surface area contributed by atoms with Crippen LogP contribution in [-0.2, 0) is 4.79 Å². The zero-order chi connectivity index (χ0) is 18.7. The van der Waals surface area contributed by atoms with Crippen LogP contribution in [0.4, 0.5) is 5.82 Å². The maximum Gasteiger partial charge on any atom is 0.256 e. The molecule has 26 heavy (non-hydrogen) atoms. The van der Waals surface area contributed by atoms with Gasteiger partial charge >= 0.3 is 0 Å². The number of aromatic nitrogens is 1. The first-order chi connectivity index (χ1) is 12.4. The summed E-state index contributed by atoms with van der Waals surface area (Å²) in [5.41, 5.74) is 0.929. The third kappa shape index (κ3) is 3.90. The number of amides is 3. The van der Waals surface area contributed by atoms with Gasteiger partial charge < -0.3 is 19.6 Å². The van der Waals surface area contributed by atoms with Crippen molar-refractivity contribution in [1.82, 2.24) is 15.0 Å². The smallest absolute Gasteiger partial charge is 0.256 e. The molecule has 0 aliphatic carbocycles. The summed E-state index contributed by atoms with van der Waals surface area (Å²) in [5, 5.41) is 6.34. The van der Waals surface area contributed by atoms with Crippen LogP contribution in [0, 0.1) is 6.92 Å². The Bertz CT molecular complexity index is 820. The van der Waals surface area contributed by atoms with Crippen LogP contribution in [-0.4, -0.2) is 58.9 Å². The second kappa shape index (κ2) is 7.38. The molecule has 1 aliphatic rings. The molecule has 8 heteroatoms. The summed E-state index contributed by atoms with van der Waals surface area (Å²) < 4.78 is 4.90. The topological polar surface area (TPSA) is 95.8 Å². The Kier molecular flexibility index (Phi) is 5.01. The molecular weight excluding hydrogens is 336 g/mol. The van der Waals surface area contributed by atoms with Gasteiger partial charge in [-0.25, -0.2) is 0 Å². The molecule has 0 saturated carbocycles. The minimum atomic E-state index is -0.327. The average Bonchev–Trinajstić information content (AvgIpc) is 3.06. The summed E-state index contributed by atoms with van der Waals surface area (Å²) in [7, 11) is 0. The maximum atomic E-state index is 12.6. The van der Waals surface area contributed by atoms with Gasteiger partial charge in [0.15, 0.2) is 5.82 Å². The fraction of sp³-hybridized carbons (Fsp3) is 0.333. The summed E-state index contributed by atoms with van der Waals surface area (Å²) in [5.74, 6) is 0.538. The number of carbonyl (C=O) groups is 3. The molecule has 1 aliphatic heterocycles. The zero-order valence-electron chi connectivity index (χ0n) is 14.7. The number of anilines is 1. The van der Waals surface area contributed by atoms with Crippen molar-refractivity contribution in [3.8, 4) is 0 Å². The summed E-state index contributed by atoms with van der Waals surface area (Å²) in [6.45, 7) is 5.36. The lowest BCUT2D eigenvalue weighted by atomic mass is 10.1. The largest absolute Gasteiger partial charge is 0.360 e. The van der Waals surface area contributed by atoms with E-state index in [1.807, 2.05) is 0 Å². The minimum absolute atomic E-state index is 0.0229. The number of benzene rings is 1. The molecule has 3 amide bonds. The molecule has 8 nitrogen and oxygen atoms in total. The minimum Gasteiger partial charge on any atom is -0.360 e. The predicted molar refractivity (Wildman–Crippen MR) is 93.8 cm³/mol. The van der Waals surface area contributed by atoms with Crippen molar-refractivity contribution in [2.45, 2.75) is 13.8 Å². The SMILES string of the molecule is CC(=O)N1CCN(C(=O)c2ccc(C(=O)Nc3cc(C)on3)cc2)CC1. The van der Waals surface area contributed by atoms with Gasteiger partial charge in [0.05, 0.1) is 0 Å². The molecule has 0 radical (unpaired) electrons. The van der Waals surface area contributed by atoms with Crippen molar-refractivity contribution in [2.24, 2.45) is 0 Å². The van der Waals surface area contributed by atoms with Crippen molar-refractivity contribution in [1.29, 1.82) is 0 Å². The number of rotatable bonds is 3. The van der Waals surface area contributed by atoms with Gasteiger partial charge in [-0.1, -0.05) is 5.16 Å². The molecule has 1 saturated heterocycles. The highest BCUT2D eigenvalue weighted by Crippen LogP contribution is 2.13. The van der Waals surface area contributed by atoms with Gasteiger partial charge in [0.2, 0.25) is 5.91 Å². The fourth-order valence-electron chi connectivity index (χ4n) is 2.78. The molecule has 0 spiro atoms. The quantitative estimate of drug-likeness (QED) is 0.900. The van der Waals surface area contributed by atoms with E-state index >= 15 is 0 Å². The molecule has 3 rings (SSSR count).